The van der Waals surface area contributed by atoms with Crippen LogP contribution in [-0.4, -0.2) is 42.0 Å². The molecule has 1 fully saturated rings. The van der Waals surface area contributed by atoms with E-state index in [0.29, 0.717) is 13.2 Å². The molecule has 0 spiro atoms. The highest BCUT2D eigenvalue weighted by atomic mass is 19.1. The van der Waals surface area contributed by atoms with Gasteiger partial charge in [-0.15, -0.1) is 0 Å². The van der Waals surface area contributed by atoms with Crippen LogP contribution in [0.5, 0.6) is 0 Å². The molecule has 116 valence electrons. The highest BCUT2D eigenvalue weighted by Crippen LogP contribution is 2.21. The molecule has 1 aliphatic rings. The van der Waals surface area contributed by atoms with Crippen molar-refractivity contribution in [2.24, 2.45) is 0 Å². The third kappa shape index (κ3) is 3.47. The van der Waals surface area contributed by atoms with Crippen molar-refractivity contribution in [1.29, 1.82) is 0 Å². The Balaban J connectivity index is 2.20. The fraction of sp³-hybridized carbons (Fsp3) is 0.562. The van der Waals surface area contributed by atoms with Gasteiger partial charge in [0.25, 0.3) is 0 Å². The maximum atomic E-state index is 13.8. The first-order chi connectivity index (χ1) is 9.93. The summed E-state index contributed by atoms with van der Waals surface area (Å²) in [6.07, 6.45) is 0.900. The first kappa shape index (κ1) is 16.0. The molecule has 0 N–H and O–H groups in total. The van der Waals surface area contributed by atoms with E-state index in [1.54, 1.807) is 6.92 Å². The lowest BCUT2D eigenvalue weighted by Gasteiger charge is -2.41. The van der Waals surface area contributed by atoms with E-state index in [4.69, 9.17) is 4.74 Å². The lowest BCUT2D eigenvalue weighted by molar-refractivity contribution is -0.0649. The van der Waals surface area contributed by atoms with E-state index in [-0.39, 0.29) is 23.5 Å². The zero-order valence-electron chi connectivity index (χ0n) is 12.6. The van der Waals surface area contributed by atoms with Crippen molar-refractivity contribution in [1.82, 2.24) is 4.90 Å². The summed E-state index contributed by atoms with van der Waals surface area (Å²) >= 11 is 0. The predicted octanol–water partition coefficient (Wildman–Crippen LogP) is 3.04. The molecule has 1 aromatic carbocycles. The third-order valence-electron chi connectivity index (χ3n) is 4.05. The van der Waals surface area contributed by atoms with E-state index in [0.717, 1.165) is 18.6 Å². The minimum atomic E-state index is -0.804. The van der Waals surface area contributed by atoms with Gasteiger partial charge in [0.15, 0.2) is 5.78 Å². The van der Waals surface area contributed by atoms with Crippen LogP contribution in [-0.2, 0) is 4.74 Å². The third-order valence-corrected chi connectivity index (χ3v) is 4.05. The zero-order chi connectivity index (χ0) is 15.6. The van der Waals surface area contributed by atoms with Crippen LogP contribution >= 0.6 is 0 Å². The van der Waals surface area contributed by atoms with Gasteiger partial charge in [0.05, 0.1) is 24.3 Å². The number of ketones is 1. The molecule has 2 rings (SSSR count). The Labute approximate surface area is 123 Å². The average molecular weight is 297 g/mol. The van der Waals surface area contributed by atoms with Crippen molar-refractivity contribution >= 4 is 5.78 Å². The van der Waals surface area contributed by atoms with Crippen LogP contribution in [0.1, 0.15) is 37.6 Å². The SMILES string of the molecule is CCC1COC(C)CN1C(C)C(=O)c1ccc(F)cc1F. The van der Waals surface area contributed by atoms with Gasteiger partial charge in [-0.25, -0.2) is 8.78 Å². The van der Waals surface area contributed by atoms with Gasteiger partial charge in [-0.3, -0.25) is 9.69 Å². The Kier molecular flexibility index (Phi) is 5.06. The number of ether oxygens (including phenoxy) is 1. The minimum Gasteiger partial charge on any atom is -0.376 e. The van der Waals surface area contributed by atoms with Gasteiger partial charge in [-0.05, 0) is 32.4 Å². The van der Waals surface area contributed by atoms with Crippen LogP contribution < -0.4 is 0 Å². The first-order valence-electron chi connectivity index (χ1n) is 7.30. The first-order valence-corrected chi connectivity index (χ1v) is 7.30. The van der Waals surface area contributed by atoms with Crippen LogP contribution in [0, 0.1) is 11.6 Å². The monoisotopic (exact) mass is 297 g/mol. The topological polar surface area (TPSA) is 29.5 Å². The molecule has 0 saturated carbocycles. The number of nitrogens with zero attached hydrogens (tertiary/aromatic N) is 1. The molecular weight excluding hydrogens is 276 g/mol. The normalized spacial score (nSPS) is 24.8. The maximum Gasteiger partial charge on any atom is 0.182 e. The van der Waals surface area contributed by atoms with E-state index < -0.39 is 17.7 Å². The minimum absolute atomic E-state index is 0.0427. The molecule has 0 radical (unpaired) electrons. The van der Waals surface area contributed by atoms with Gasteiger partial charge in [0.2, 0.25) is 0 Å². The molecular formula is C16H21F2NO2. The summed E-state index contributed by atoms with van der Waals surface area (Å²) in [6.45, 7) is 6.96. The second kappa shape index (κ2) is 6.62. The molecule has 0 aliphatic carbocycles. The average Bonchev–Trinajstić information content (AvgIpc) is 2.45. The van der Waals surface area contributed by atoms with E-state index in [2.05, 4.69) is 4.90 Å². The van der Waals surface area contributed by atoms with Gasteiger partial charge in [-0.2, -0.15) is 0 Å². The number of hydrogen-bond donors (Lipinski definition) is 0. The zero-order valence-corrected chi connectivity index (χ0v) is 12.6. The van der Waals surface area contributed by atoms with E-state index >= 15 is 0 Å². The Bertz CT molecular complexity index is 521. The molecule has 0 aromatic heterocycles. The summed E-state index contributed by atoms with van der Waals surface area (Å²) in [5, 5.41) is 0. The quantitative estimate of drug-likeness (QED) is 0.800. The van der Waals surface area contributed by atoms with Crippen LogP contribution in [0.25, 0.3) is 0 Å². The van der Waals surface area contributed by atoms with Crippen molar-refractivity contribution in [2.75, 3.05) is 13.2 Å². The van der Waals surface area contributed by atoms with Gasteiger partial charge >= 0.3 is 0 Å². The van der Waals surface area contributed by atoms with Crippen LogP contribution in [0.2, 0.25) is 0 Å². The molecule has 0 bridgehead atoms. The molecule has 1 aromatic rings. The summed E-state index contributed by atoms with van der Waals surface area (Å²) in [7, 11) is 0. The number of Topliss-reactive ketones (excluding diaryl/α,β-unsaturated/α-hetero) is 1. The highest BCUT2D eigenvalue weighted by molar-refractivity contribution is 6.00. The lowest BCUT2D eigenvalue weighted by Crippen LogP contribution is -2.54. The fourth-order valence-electron chi connectivity index (χ4n) is 2.76. The van der Waals surface area contributed by atoms with Crippen molar-refractivity contribution in [2.45, 2.75) is 45.4 Å². The largest absolute Gasteiger partial charge is 0.376 e. The number of morpholine rings is 1. The van der Waals surface area contributed by atoms with Gasteiger partial charge in [0, 0.05) is 18.7 Å². The van der Waals surface area contributed by atoms with Crippen molar-refractivity contribution in [3.05, 3.63) is 35.4 Å². The lowest BCUT2D eigenvalue weighted by atomic mass is 10.00. The molecule has 3 unspecified atom stereocenters. The Hall–Kier alpha value is -1.33. The predicted molar refractivity (Wildman–Crippen MR) is 76.3 cm³/mol. The van der Waals surface area contributed by atoms with Crippen molar-refractivity contribution in [3.8, 4) is 0 Å². The highest BCUT2D eigenvalue weighted by Gasteiger charge is 2.33. The van der Waals surface area contributed by atoms with Crippen LogP contribution in [0.15, 0.2) is 18.2 Å². The molecule has 3 nitrogen and oxygen atoms in total. The summed E-state index contributed by atoms with van der Waals surface area (Å²) in [6, 6.07) is 2.76. The number of halogens is 2. The molecule has 5 heteroatoms. The standard InChI is InChI=1S/C16H21F2NO2/c1-4-13-9-21-10(2)8-19(13)11(3)16(20)14-6-5-12(17)7-15(14)18/h5-7,10-11,13H,4,8-9H2,1-3H3. The molecule has 1 saturated heterocycles. The van der Waals surface area contributed by atoms with Crippen molar-refractivity contribution in [3.63, 3.8) is 0 Å². The van der Waals surface area contributed by atoms with E-state index in [1.165, 1.54) is 6.07 Å². The second-order valence-electron chi connectivity index (χ2n) is 5.57. The fourth-order valence-corrected chi connectivity index (χ4v) is 2.76. The second-order valence-corrected chi connectivity index (χ2v) is 5.57. The number of carbonyl (C=O) groups is 1. The van der Waals surface area contributed by atoms with Crippen LogP contribution in [0.4, 0.5) is 8.78 Å². The number of rotatable bonds is 4. The number of carbonyl (C=O) groups excluding carboxylic acids is 1. The molecule has 21 heavy (non-hydrogen) atoms. The van der Waals surface area contributed by atoms with Gasteiger partial charge in [-0.1, -0.05) is 6.92 Å². The number of benzene rings is 1. The van der Waals surface area contributed by atoms with E-state index in [9.17, 15) is 13.6 Å². The summed E-state index contributed by atoms with van der Waals surface area (Å²) in [5.74, 6) is -1.80. The van der Waals surface area contributed by atoms with Gasteiger partial charge < -0.3 is 4.74 Å². The Morgan fingerprint density at radius 2 is 2.19 bits per heavy atom. The van der Waals surface area contributed by atoms with Crippen LogP contribution in [0.3, 0.4) is 0 Å². The maximum absolute atomic E-state index is 13.8. The summed E-state index contributed by atoms with van der Waals surface area (Å²) in [5.41, 5.74) is -0.0575. The molecule has 1 aliphatic heterocycles. The molecule has 1 heterocycles. The van der Waals surface area contributed by atoms with Crippen molar-refractivity contribution < 1.29 is 18.3 Å². The van der Waals surface area contributed by atoms with E-state index in [1.807, 2.05) is 13.8 Å². The smallest absolute Gasteiger partial charge is 0.182 e. The number of hydrogen-bond acceptors (Lipinski definition) is 3. The summed E-state index contributed by atoms with van der Waals surface area (Å²) in [4.78, 5) is 14.6. The molecule has 0 amide bonds. The van der Waals surface area contributed by atoms with Gasteiger partial charge in [0.1, 0.15) is 11.6 Å². The summed E-state index contributed by atoms with van der Waals surface area (Å²) < 4.78 is 32.3. The molecule has 3 atom stereocenters. The Morgan fingerprint density at radius 3 is 2.81 bits per heavy atom. The Morgan fingerprint density at radius 1 is 1.48 bits per heavy atom.